The minimum absolute atomic E-state index is 0.152. The minimum Gasteiger partial charge on any atom is -0.495 e. The van der Waals surface area contributed by atoms with Crippen molar-refractivity contribution in [2.75, 3.05) is 12.4 Å². The Kier molecular flexibility index (Phi) is 5.51. The zero-order valence-corrected chi connectivity index (χ0v) is 17.5. The molecule has 0 aliphatic carbocycles. The summed E-state index contributed by atoms with van der Waals surface area (Å²) in [6.45, 7) is 2.92. The van der Waals surface area contributed by atoms with Gasteiger partial charge in [-0.25, -0.2) is 9.97 Å². The number of fused-ring (bicyclic) bond motifs is 1. The molecular formula is C21H19ClN4O2S. The number of rotatable bonds is 6. The largest absolute Gasteiger partial charge is 0.495 e. The Balaban J connectivity index is 1.51. The van der Waals surface area contributed by atoms with Crippen LogP contribution in [-0.4, -0.2) is 27.6 Å². The van der Waals surface area contributed by atoms with Gasteiger partial charge in [-0.05, 0) is 37.3 Å². The van der Waals surface area contributed by atoms with Crippen LogP contribution in [0.5, 0.6) is 5.75 Å². The van der Waals surface area contributed by atoms with Crippen molar-refractivity contribution >= 4 is 45.6 Å². The average molecular weight is 427 g/mol. The zero-order chi connectivity index (χ0) is 20.4. The highest BCUT2D eigenvalue weighted by Crippen LogP contribution is 2.32. The summed E-state index contributed by atoms with van der Waals surface area (Å²) < 4.78 is 7.23. The van der Waals surface area contributed by atoms with Crippen LogP contribution in [0.2, 0.25) is 5.02 Å². The molecule has 0 aliphatic heterocycles. The summed E-state index contributed by atoms with van der Waals surface area (Å²) in [7, 11) is 1.55. The van der Waals surface area contributed by atoms with Gasteiger partial charge >= 0.3 is 0 Å². The summed E-state index contributed by atoms with van der Waals surface area (Å²) in [4.78, 5) is 21.6. The van der Waals surface area contributed by atoms with Crippen LogP contribution >= 0.6 is 22.9 Å². The molecule has 0 saturated carbocycles. The molecule has 148 valence electrons. The van der Waals surface area contributed by atoms with Crippen molar-refractivity contribution in [1.29, 1.82) is 0 Å². The number of methoxy groups -OCH3 is 1. The van der Waals surface area contributed by atoms with E-state index in [4.69, 9.17) is 16.3 Å². The van der Waals surface area contributed by atoms with Gasteiger partial charge in [0.05, 0.1) is 24.2 Å². The molecule has 0 radical (unpaired) electrons. The molecule has 3 aromatic heterocycles. The SMILES string of the molecule is CCn1cc(-c2nc(CC(=O)Nc3ccc(OC)c(Cl)c3)cs2)c2cccnc21. The number of hydrogen-bond donors (Lipinski definition) is 1. The Bertz CT molecular complexity index is 1180. The molecule has 0 atom stereocenters. The number of pyridine rings is 1. The zero-order valence-electron chi connectivity index (χ0n) is 16.0. The summed E-state index contributed by atoms with van der Waals surface area (Å²) >= 11 is 7.64. The highest BCUT2D eigenvalue weighted by Gasteiger charge is 2.15. The van der Waals surface area contributed by atoms with E-state index in [-0.39, 0.29) is 12.3 Å². The van der Waals surface area contributed by atoms with E-state index in [1.807, 2.05) is 17.5 Å². The first-order valence-corrected chi connectivity index (χ1v) is 10.4. The number of halogens is 1. The molecule has 1 N–H and O–H groups in total. The van der Waals surface area contributed by atoms with Crippen molar-refractivity contribution in [3.05, 3.63) is 58.8 Å². The number of thiazole rings is 1. The standard InChI is InChI=1S/C21H19ClN4O2S/c1-3-26-11-16(15-5-4-8-23-20(15)26)21-25-14(12-29-21)10-19(27)24-13-6-7-18(28-2)17(22)9-13/h4-9,11-12H,3,10H2,1-2H3,(H,24,27). The molecule has 0 fully saturated rings. The maximum Gasteiger partial charge on any atom is 0.230 e. The van der Waals surface area contributed by atoms with Gasteiger partial charge in [0.1, 0.15) is 16.4 Å². The van der Waals surface area contributed by atoms with E-state index in [0.29, 0.717) is 16.5 Å². The summed E-state index contributed by atoms with van der Waals surface area (Å²) in [5, 5.41) is 7.15. The molecule has 3 heterocycles. The highest BCUT2D eigenvalue weighted by molar-refractivity contribution is 7.13. The highest BCUT2D eigenvalue weighted by atomic mass is 35.5. The molecule has 29 heavy (non-hydrogen) atoms. The van der Waals surface area contributed by atoms with Gasteiger partial charge in [-0.15, -0.1) is 11.3 Å². The van der Waals surface area contributed by atoms with E-state index in [1.165, 1.54) is 11.3 Å². The maximum absolute atomic E-state index is 12.4. The van der Waals surface area contributed by atoms with Crippen molar-refractivity contribution in [3.8, 4) is 16.3 Å². The molecule has 0 unspecified atom stereocenters. The maximum atomic E-state index is 12.4. The van der Waals surface area contributed by atoms with Crippen LogP contribution in [0.15, 0.2) is 48.1 Å². The second-order valence-corrected chi connectivity index (χ2v) is 7.69. The van der Waals surface area contributed by atoms with Gasteiger partial charge in [-0.3, -0.25) is 4.79 Å². The number of amides is 1. The third-order valence-electron chi connectivity index (χ3n) is 4.53. The Hall–Kier alpha value is -2.90. The number of ether oxygens (including phenoxy) is 1. The molecule has 0 spiro atoms. The van der Waals surface area contributed by atoms with Crippen LogP contribution in [0.3, 0.4) is 0 Å². The molecule has 1 aromatic carbocycles. The number of nitrogens with zero attached hydrogens (tertiary/aromatic N) is 3. The summed E-state index contributed by atoms with van der Waals surface area (Å²) in [6.07, 6.45) is 4.05. The molecule has 6 nitrogen and oxygen atoms in total. The van der Waals surface area contributed by atoms with E-state index in [2.05, 4.69) is 33.0 Å². The number of anilines is 1. The smallest absolute Gasteiger partial charge is 0.230 e. The van der Waals surface area contributed by atoms with Crippen LogP contribution in [0, 0.1) is 0 Å². The van der Waals surface area contributed by atoms with E-state index >= 15 is 0 Å². The van der Waals surface area contributed by atoms with Crippen molar-refractivity contribution in [2.45, 2.75) is 19.9 Å². The van der Waals surface area contributed by atoms with Crippen LogP contribution in [0.25, 0.3) is 21.6 Å². The van der Waals surface area contributed by atoms with Gasteiger partial charge in [-0.2, -0.15) is 0 Å². The summed E-state index contributed by atoms with van der Waals surface area (Å²) in [5.74, 6) is 0.412. The molecule has 0 aliphatic rings. The number of nitrogens with one attached hydrogen (secondary N) is 1. The molecule has 4 rings (SSSR count). The third kappa shape index (κ3) is 3.97. The topological polar surface area (TPSA) is 69.0 Å². The normalized spacial score (nSPS) is 11.0. The predicted octanol–water partition coefficient (Wildman–Crippen LogP) is 5.02. The monoisotopic (exact) mass is 426 g/mol. The number of benzene rings is 1. The second kappa shape index (κ2) is 8.23. The van der Waals surface area contributed by atoms with E-state index in [9.17, 15) is 4.79 Å². The van der Waals surface area contributed by atoms with Crippen molar-refractivity contribution < 1.29 is 9.53 Å². The van der Waals surface area contributed by atoms with E-state index in [1.54, 1.807) is 31.5 Å². The molecule has 8 heteroatoms. The van der Waals surface area contributed by atoms with Crippen molar-refractivity contribution in [2.24, 2.45) is 0 Å². The number of hydrogen-bond acceptors (Lipinski definition) is 5. The predicted molar refractivity (Wildman–Crippen MR) is 117 cm³/mol. The Morgan fingerprint density at radius 3 is 2.97 bits per heavy atom. The van der Waals surface area contributed by atoms with Gasteiger partial charge in [0, 0.05) is 41.0 Å². The lowest BCUT2D eigenvalue weighted by atomic mass is 10.2. The number of aromatic nitrogens is 3. The van der Waals surface area contributed by atoms with Gasteiger partial charge < -0.3 is 14.6 Å². The fourth-order valence-corrected chi connectivity index (χ4v) is 4.26. The first-order chi connectivity index (χ1) is 14.1. The number of aryl methyl sites for hydroxylation is 1. The third-order valence-corrected chi connectivity index (χ3v) is 5.75. The second-order valence-electron chi connectivity index (χ2n) is 6.42. The van der Waals surface area contributed by atoms with E-state index < -0.39 is 0 Å². The first kappa shape index (κ1) is 19.4. The molecule has 4 aromatic rings. The van der Waals surface area contributed by atoms with Gasteiger partial charge in [0.25, 0.3) is 0 Å². The summed E-state index contributed by atoms with van der Waals surface area (Å²) in [6, 6.07) is 9.11. The van der Waals surface area contributed by atoms with Crippen LogP contribution < -0.4 is 10.1 Å². The summed E-state index contributed by atoms with van der Waals surface area (Å²) in [5.41, 5.74) is 3.32. The quantitative estimate of drug-likeness (QED) is 0.469. The van der Waals surface area contributed by atoms with Crippen molar-refractivity contribution in [3.63, 3.8) is 0 Å². The Morgan fingerprint density at radius 1 is 1.34 bits per heavy atom. The fraction of sp³-hybridized carbons (Fsp3) is 0.190. The lowest BCUT2D eigenvalue weighted by molar-refractivity contribution is -0.115. The van der Waals surface area contributed by atoms with E-state index in [0.717, 1.165) is 33.8 Å². The van der Waals surface area contributed by atoms with Gasteiger partial charge in [0.15, 0.2) is 0 Å². The molecule has 1 amide bonds. The van der Waals surface area contributed by atoms with Crippen molar-refractivity contribution in [1.82, 2.24) is 14.5 Å². The average Bonchev–Trinajstić information content (AvgIpc) is 3.32. The lowest BCUT2D eigenvalue weighted by Gasteiger charge is -2.07. The molecular weight excluding hydrogens is 408 g/mol. The van der Waals surface area contributed by atoms with Gasteiger partial charge in [-0.1, -0.05) is 11.6 Å². The lowest BCUT2D eigenvalue weighted by Crippen LogP contribution is -2.14. The Labute approximate surface area is 177 Å². The fourth-order valence-electron chi connectivity index (χ4n) is 3.16. The first-order valence-electron chi connectivity index (χ1n) is 9.11. The van der Waals surface area contributed by atoms with Crippen LogP contribution in [-0.2, 0) is 17.8 Å². The number of carbonyl (C=O) groups is 1. The van der Waals surface area contributed by atoms with Crippen LogP contribution in [0.4, 0.5) is 5.69 Å². The number of carbonyl (C=O) groups excluding carboxylic acids is 1. The van der Waals surface area contributed by atoms with Gasteiger partial charge in [0.2, 0.25) is 5.91 Å². The van der Waals surface area contributed by atoms with Crippen LogP contribution in [0.1, 0.15) is 12.6 Å². The minimum atomic E-state index is -0.152. The molecule has 0 bridgehead atoms. The molecule has 0 saturated heterocycles. The Morgan fingerprint density at radius 2 is 2.21 bits per heavy atom.